The molecule has 2 aromatic rings. The van der Waals surface area contributed by atoms with Crippen molar-refractivity contribution in [1.82, 2.24) is 10.2 Å². The summed E-state index contributed by atoms with van der Waals surface area (Å²) in [6.45, 7) is 3.30. The van der Waals surface area contributed by atoms with Crippen molar-refractivity contribution < 1.29 is 4.79 Å². The van der Waals surface area contributed by atoms with Gasteiger partial charge in [0.1, 0.15) is 0 Å². The fraction of sp³-hybridized carbons (Fsp3) is 0.364. The van der Waals surface area contributed by atoms with E-state index in [2.05, 4.69) is 63.7 Å². The molecule has 1 N–H and O–H groups in total. The Bertz CT molecular complexity index is 850. The summed E-state index contributed by atoms with van der Waals surface area (Å²) in [6, 6.07) is 17.0. The maximum atomic E-state index is 11.8. The predicted octanol–water partition coefficient (Wildman–Crippen LogP) is 3.57. The van der Waals surface area contributed by atoms with Crippen molar-refractivity contribution in [2.75, 3.05) is 25.0 Å². The van der Waals surface area contributed by atoms with Crippen molar-refractivity contribution in [3.63, 3.8) is 0 Å². The van der Waals surface area contributed by atoms with Crippen molar-refractivity contribution in [3.05, 3.63) is 65.2 Å². The number of carbonyl (C=O) groups is 1. The van der Waals surface area contributed by atoms with Gasteiger partial charge in [0.05, 0.1) is 0 Å². The molecule has 0 atom stereocenters. The van der Waals surface area contributed by atoms with Gasteiger partial charge in [-0.3, -0.25) is 9.79 Å². The van der Waals surface area contributed by atoms with E-state index in [1.165, 1.54) is 22.4 Å². The summed E-state index contributed by atoms with van der Waals surface area (Å²) in [5, 5.41) is 3.48. The zero-order valence-electron chi connectivity index (χ0n) is 16.2. The second kappa shape index (κ2) is 9.41. The lowest BCUT2D eigenvalue weighted by molar-refractivity contribution is -0.128. The number of likely N-dealkylation sites (tertiary alicyclic amines) is 1. The molecule has 0 spiro atoms. The minimum absolute atomic E-state index is 0. The monoisotopic (exact) mass is 490 g/mol. The zero-order valence-corrected chi connectivity index (χ0v) is 18.6. The Kier molecular flexibility index (Phi) is 6.93. The number of anilines is 1. The highest BCUT2D eigenvalue weighted by molar-refractivity contribution is 14.0. The van der Waals surface area contributed by atoms with E-state index in [4.69, 9.17) is 0 Å². The molecular formula is C22H27IN4O. The van der Waals surface area contributed by atoms with Crippen LogP contribution in [-0.2, 0) is 24.3 Å². The van der Waals surface area contributed by atoms with Crippen molar-refractivity contribution >= 4 is 41.5 Å². The predicted molar refractivity (Wildman–Crippen MR) is 124 cm³/mol. The van der Waals surface area contributed by atoms with Crippen LogP contribution in [0.4, 0.5) is 5.69 Å². The lowest BCUT2D eigenvalue weighted by Crippen LogP contribution is -2.40. The Morgan fingerprint density at radius 3 is 2.50 bits per heavy atom. The van der Waals surface area contributed by atoms with Crippen LogP contribution < -0.4 is 10.2 Å². The molecule has 148 valence electrons. The van der Waals surface area contributed by atoms with Gasteiger partial charge in [-0.1, -0.05) is 42.5 Å². The molecule has 0 aromatic heterocycles. The second-order valence-corrected chi connectivity index (χ2v) is 7.17. The van der Waals surface area contributed by atoms with E-state index in [0.717, 1.165) is 45.0 Å². The van der Waals surface area contributed by atoms with Crippen LogP contribution in [-0.4, -0.2) is 36.9 Å². The Morgan fingerprint density at radius 2 is 1.79 bits per heavy atom. The van der Waals surface area contributed by atoms with Crippen molar-refractivity contribution in [2.45, 2.75) is 32.4 Å². The standard InChI is InChI=1S/C22H26N4O.HI/c1-23-22(26-14-12-19-5-2-3-6-20(19)26)24-15-17-8-10-18(11-9-17)16-25-13-4-7-21(25)27;/h2-3,5-6,8-11H,4,7,12-16H2,1H3,(H,23,24);1H. The van der Waals surface area contributed by atoms with Gasteiger partial charge in [-0.2, -0.15) is 0 Å². The first-order valence-corrected chi connectivity index (χ1v) is 9.66. The molecule has 0 bridgehead atoms. The van der Waals surface area contributed by atoms with Gasteiger partial charge in [0, 0.05) is 45.3 Å². The minimum Gasteiger partial charge on any atom is -0.352 e. The molecule has 1 fully saturated rings. The lowest BCUT2D eigenvalue weighted by atomic mass is 10.1. The van der Waals surface area contributed by atoms with Gasteiger partial charge in [-0.15, -0.1) is 24.0 Å². The van der Waals surface area contributed by atoms with Crippen LogP contribution in [0, 0.1) is 0 Å². The number of nitrogens with zero attached hydrogens (tertiary/aromatic N) is 3. The number of hydrogen-bond acceptors (Lipinski definition) is 2. The first-order chi connectivity index (χ1) is 13.2. The molecule has 0 aliphatic carbocycles. The number of halogens is 1. The van der Waals surface area contributed by atoms with Crippen LogP contribution in [0.2, 0.25) is 0 Å². The molecule has 5 nitrogen and oxygen atoms in total. The third-order valence-electron chi connectivity index (χ3n) is 5.37. The average molecular weight is 490 g/mol. The molecule has 28 heavy (non-hydrogen) atoms. The number of hydrogen-bond donors (Lipinski definition) is 1. The number of fused-ring (bicyclic) bond motifs is 1. The number of amides is 1. The van der Waals surface area contributed by atoms with Crippen LogP contribution in [0.5, 0.6) is 0 Å². The zero-order chi connectivity index (χ0) is 18.6. The van der Waals surface area contributed by atoms with Crippen LogP contribution in [0.3, 0.4) is 0 Å². The summed E-state index contributed by atoms with van der Waals surface area (Å²) in [4.78, 5) is 20.4. The third-order valence-corrected chi connectivity index (χ3v) is 5.37. The number of guanidine groups is 1. The maximum absolute atomic E-state index is 11.8. The normalized spacial score (nSPS) is 16.2. The van der Waals surface area contributed by atoms with Crippen LogP contribution >= 0.6 is 24.0 Å². The molecule has 0 unspecified atom stereocenters. The van der Waals surface area contributed by atoms with E-state index in [0.29, 0.717) is 6.42 Å². The van der Waals surface area contributed by atoms with E-state index in [9.17, 15) is 4.79 Å². The number of rotatable bonds is 4. The fourth-order valence-corrected chi connectivity index (χ4v) is 3.89. The van der Waals surface area contributed by atoms with Gasteiger partial charge >= 0.3 is 0 Å². The van der Waals surface area contributed by atoms with Gasteiger partial charge in [0.25, 0.3) is 0 Å². The van der Waals surface area contributed by atoms with Crippen molar-refractivity contribution in [3.8, 4) is 0 Å². The van der Waals surface area contributed by atoms with Crippen LogP contribution in [0.1, 0.15) is 29.5 Å². The van der Waals surface area contributed by atoms with E-state index in [1.807, 2.05) is 11.9 Å². The van der Waals surface area contributed by atoms with Crippen LogP contribution in [0.25, 0.3) is 0 Å². The van der Waals surface area contributed by atoms with Gasteiger partial charge in [0.2, 0.25) is 5.91 Å². The summed E-state index contributed by atoms with van der Waals surface area (Å²) < 4.78 is 0. The Hall–Kier alpha value is -2.09. The quantitative estimate of drug-likeness (QED) is 0.405. The summed E-state index contributed by atoms with van der Waals surface area (Å²) in [7, 11) is 1.83. The largest absolute Gasteiger partial charge is 0.352 e. The van der Waals surface area contributed by atoms with E-state index >= 15 is 0 Å². The van der Waals surface area contributed by atoms with Gasteiger partial charge in [-0.05, 0) is 35.6 Å². The summed E-state index contributed by atoms with van der Waals surface area (Å²) >= 11 is 0. The topological polar surface area (TPSA) is 47.9 Å². The van der Waals surface area contributed by atoms with Gasteiger partial charge < -0.3 is 15.1 Å². The van der Waals surface area contributed by atoms with Gasteiger partial charge in [-0.25, -0.2) is 0 Å². The number of aliphatic imine (C=N–C) groups is 1. The third kappa shape index (κ3) is 4.48. The second-order valence-electron chi connectivity index (χ2n) is 7.17. The SMILES string of the molecule is CN=C(NCc1ccc(CN2CCCC2=O)cc1)N1CCc2ccccc21.I. The maximum Gasteiger partial charge on any atom is 0.222 e. The Morgan fingerprint density at radius 1 is 1.04 bits per heavy atom. The van der Waals surface area contributed by atoms with Crippen LogP contribution in [0.15, 0.2) is 53.5 Å². The highest BCUT2D eigenvalue weighted by atomic mass is 127. The first kappa shape index (κ1) is 20.6. The highest BCUT2D eigenvalue weighted by Gasteiger charge is 2.22. The van der Waals surface area contributed by atoms with Crippen molar-refractivity contribution in [1.29, 1.82) is 0 Å². The summed E-state index contributed by atoms with van der Waals surface area (Å²) in [6.07, 6.45) is 2.74. The summed E-state index contributed by atoms with van der Waals surface area (Å²) in [5.41, 5.74) is 5.02. The molecule has 0 saturated carbocycles. The first-order valence-electron chi connectivity index (χ1n) is 9.66. The molecule has 2 heterocycles. The lowest BCUT2D eigenvalue weighted by Gasteiger charge is -2.22. The molecule has 0 radical (unpaired) electrons. The Balaban J connectivity index is 0.00000225. The summed E-state index contributed by atoms with van der Waals surface area (Å²) in [5.74, 6) is 1.18. The minimum atomic E-state index is 0. The fourth-order valence-electron chi connectivity index (χ4n) is 3.89. The molecule has 4 rings (SSSR count). The average Bonchev–Trinajstić information content (AvgIpc) is 3.30. The van der Waals surface area contributed by atoms with E-state index < -0.39 is 0 Å². The molecule has 2 aromatic carbocycles. The molecule has 6 heteroatoms. The molecular weight excluding hydrogens is 463 g/mol. The molecule has 2 aliphatic rings. The highest BCUT2D eigenvalue weighted by Crippen LogP contribution is 2.27. The Labute approximate surface area is 183 Å². The van der Waals surface area contributed by atoms with Crippen molar-refractivity contribution in [2.24, 2.45) is 4.99 Å². The van der Waals surface area contributed by atoms with Gasteiger partial charge in [0.15, 0.2) is 5.96 Å². The number of benzene rings is 2. The molecule has 1 saturated heterocycles. The number of nitrogens with one attached hydrogen (secondary N) is 1. The number of para-hydroxylation sites is 1. The smallest absolute Gasteiger partial charge is 0.222 e. The molecule has 1 amide bonds. The van der Waals surface area contributed by atoms with E-state index in [-0.39, 0.29) is 29.9 Å². The van der Waals surface area contributed by atoms with E-state index in [1.54, 1.807) is 0 Å². The number of carbonyl (C=O) groups excluding carboxylic acids is 1. The molecule has 2 aliphatic heterocycles.